The van der Waals surface area contributed by atoms with Crippen LogP contribution >= 0.6 is 0 Å². The van der Waals surface area contributed by atoms with Gasteiger partial charge in [0.15, 0.2) is 0 Å². The number of piperidine rings is 1. The number of rotatable bonds is 3. The molecular formula is C13H25N3O2. The van der Waals surface area contributed by atoms with Crippen molar-refractivity contribution in [3.8, 4) is 0 Å². The second-order valence-electron chi connectivity index (χ2n) is 5.60. The van der Waals surface area contributed by atoms with E-state index in [1.165, 1.54) is 4.90 Å². The molecule has 0 spiro atoms. The Morgan fingerprint density at radius 3 is 2.28 bits per heavy atom. The molecule has 0 atom stereocenters. The number of carbonyl (C=O) groups is 2. The molecule has 0 unspecified atom stereocenters. The third kappa shape index (κ3) is 4.55. The minimum Gasteiger partial charge on any atom is -0.343 e. The van der Waals surface area contributed by atoms with Crippen molar-refractivity contribution in [2.45, 2.75) is 39.2 Å². The maximum Gasteiger partial charge on any atom is 0.317 e. The van der Waals surface area contributed by atoms with E-state index in [0.29, 0.717) is 12.3 Å². The predicted molar refractivity (Wildman–Crippen MR) is 71.3 cm³/mol. The number of hydrogen-bond acceptors (Lipinski definition) is 2. The number of carbonyl (C=O) groups excluding carboxylic acids is 2. The summed E-state index contributed by atoms with van der Waals surface area (Å²) in [5, 5.41) is 2.97. The normalized spacial score (nSPS) is 16.8. The molecule has 1 saturated heterocycles. The predicted octanol–water partition coefficient (Wildman–Crippen LogP) is 1.29. The average Bonchev–Trinajstić information content (AvgIpc) is 2.28. The van der Waals surface area contributed by atoms with Crippen LogP contribution in [0.2, 0.25) is 0 Å². The smallest absolute Gasteiger partial charge is 0.317 e. The molecule has 1 aliphatic rings. The molecule has 0 aromatic carbocycles. The van der Waals surface area contributed by atoms with Gasteiger partial charge in [-0.1, -0.05) is 13.8 Å². The first-order chi connectivity index (χ1) is 8.40. The second-order valence-corrected chi connectivity index (χ2v) is 5.60. The largest absolute Gasteiger partial charge is 0.343 e. The van der Waals surface area contributed by atoms with Crippen molar-refractivity contribution >= 4 is 11.9 Å². The molecule has 1 aliphatic heterocycles. The highest BCUT2D eigenvalue weighted by atomic mass is 16.2. The lowest BCUT2D eigenvalue weighted by atomic mass is 10.0. The summed E-state index contributed by atoms with van der Waals surface area (Å²) in [6.45, 7) is 5.62. The lowest BCUT2D eigenvalue weighted by Crippen LogP contribution is -2.48. The molecule has 0 aliphatic carbocycles. The van der Waals surface area contributed by atoms with Gasteiger partial charge in [0.25, 0.3) is 0 Å². The van der Waals surface area contributed by atoms with Gasteiger partial charge in [-0.05, 0) is 18.8 Å². The molecule has 1 rings (SSSR count). The molecule has 1 N–H and O–H groups in total. The van der Waals surface area contributed by atoms with Crippen molar-refractivity contribution in [1.82, 2.24) is 15.1 Å². The number of nitrogens with zero attached hydrogens (tertiary/aromatic N) is 2. The molecule has 0 bridgehead atoms. The van der Waals surface area contributed by atoms with Gasteiger partial charge in [0.1, 0.15) is 0 Å². The molecular weight excluding hydrogens is 230 g/mol. The molecule has 1 heterocycles. The van der Waals surface area contributed by atoms with Crippen LogP contribution in [0.3, 0.4) is 0 Å². The zero-order valence-corrected chi connectivity index (χ0v) is 11.9. The number of nitrogens with one attached hydrogen (secondary N) is 1. The van der Waals surface area contributed by atoms with Gasteiger partial charge in [0.2, 0.25) is 5.91 Å². The molecule has 0 radical (unpaired) electrons. The molecule has 0 saturated carbocycles. The quantitative estimate of drug-likeness (QED) is 0.826. The standard InChI is InChI=1S/C13H25N3O2/c1-10(2)9-12(17)16-7-5-11(6-8-16)14-13(18)15(3)4/h10-11H,5-9H2,1-4H3,(H,14,18). The van der Waals surface area contributed by atoms with Crippen LogP contribution in [-0.4, -0.2) is 55.0 Å². The first-order valence-corrected chi connectivity index (χ1v) is 6.65. The summed E-state index contributed by atoms with van der Waals surface area (Å²) >= 11 is 0. The van der Waals surface area contributed by atoms with E-state index in [1.807, 2.05) is 4.90 Å². The Kier molecular flexibility index (Phi) is 5.44. The first kappa shape index (κ1) is 14.8. The highest BCUT2D eigenvalue weighted by Crippen LogP contribution is 2.13. The van der Waals surface area contributed by atoms with Gasteiger partial charge in [-0.2, -0.15) is 0 Å². The maximum absolute atomic E-state index is 11.9. The molecule has 5 nitrogen and oxygen atoms in total. The van der Waals surface area contributed by atoms with Crippen LogP contribution in [0.25, 0.3) is 0 Å². The molecule has 18 heavy (non-hydrogen) atoms. The Balaban J connectivity index is 2.32. The fraction of sp³-hybridized carbons (Fsp3) is 0.846. The number of urea groups is 1. The van der Waals surface area contributed by atoms with Crippen LogP contribution < -0.4 is 5.32 Å². The van der Waals surface area contributed by atoms with E-state index < -0.39 is 0 Å². The van der Waals surface area contributed by atoms with Crippen molar-refractivity contribution in [3.63, 3.8) is 0 Å². The van der Waals surface area contributed by atoms with Gasteiger partial charge in [-0.15, -0.1) is 0 Å². The minimum absolute atomic E-state index is 0.0537. The molecule has 0 aromatic rings. The highest BCUT2D eigenvalue weighted by molar-refractivity contribution is 5.76. The summed E-state index contributed by atoms with van der Waals surface area (Å²) in [5.41, 5.74) is 0. The first-order valence-electron chi connectivity index (χ1n) is 6.65. The van der Waals surface area contributed by atoms with Gasteiger partial charge >= 0.3 is 6.03 Å². The van der Waals surface area contributed by atoms with Crippen molar-refractivity contribution in [1.29, 1.82) is 0 Å². The average molecular weight is 255 g/mol. The summed E-state index contributed by atoms with van der Waals surface area (Å²) in [6.07, 6.45) is 2.32. The van der Waals surface area contributed by atoms with E-state index in [4.69, 9.17) is 0 Å². The van der Waals surface area contributed by atoms with Crippen LogP contribution in [0.15, 0.2) is 0 Å². The van der Waals surface area contributed by atoms with Gasteiger partial charge in [-0.25, -0.2) is 4.79 Å². The Morgan fingerprint density at radius 1 is 1.28 bits per heavy atom. The van der Waals surface area contributed by atoms with E-state index in [1.54, 1.807) is 14.1 Å². The van der Waals surface area contributed by atoms with Crippen LogP contribution in [0, 0.1) is 5.92 Å². The zero-order chi connectivity index (χ0) is 13.7. The summed E-state index contributed by atoms with van der Waals surface area (Å²) in [6, 6.07) is 0.143. The van der Waals surface area contributed by atoms with Crippen molar-refractivity contribution in [2.24, 2.45) is 5.92 Å². The van der Waals surface area contributed by atoms with E-state index in [-0.39, 0.29) is 18.0 Å². The molecule has 104 valence electrons. The molecule has 3 amide bonds. The summed E-state index contributed by atoms with van der Waals surface area (Å²) < 4.78 is 0. The monoisotopic (exact) mass is 255 g/mol. The summed E-state index contributed by atoms with van der Waals surface area (Å²) in [4.78, 5) is 26.8. The lowest BCUT2D eigenvalue weighted by Gasteiger charge is -2.33. The van der Waals surface area contributed by atoms with Crippen molar-refractivity contribution in [2.75, 3.05) is 27.2 Å². The van der Waals surface area contributed by atoms with E-state index >= 15 is 0 Å². The maximum atomic E-state index is 11.9. The Morgan fingerprint density at radius 2 is 1.83 bits per heavy atom. The van der Waals surface area contributed by atoms with Crippen LogP contribution in [0.4, 0.5) is 4.79 Å². The number of hydrogen-bond donors (Lipinski definition) is 1. The molecule has 1 fully saturated rings. The third-order valence-corrected chi connectivity index (χ3v) is 3.16. The fourth-order valence-corrected chi connectivity index (χ4v) is 2.06. The Hall–Kier alpha value is -1.26. The zero-order valence-electron chi connectivity index (χ0n) is 11.9. The van der Waals surface area contributed by atoms with Crippen molar-refractivity contribution in [3.05, 3.63) is 0 Å². The number of likely N-dealkylation sites (tertiary alicyclic amines) is 1. The summed E-state index contributed by atoms with van der Waals surface area (Å²) in [7, 11) is 3.47. The SMILES string of the molecule is CC(C)CC(=O)N1CCC(NC(=O)N(C)C)CC1. The number of amides is 3. The highest BCUT2D eigenvalue weighted by Gasteiger charge is 2.24. The van der Waals surface area contributed by atoms with Crippen LogP contribution in [0.5, 0.6) is 0 Å². The van der Waals surface area contributed by atoms with E-state index in [2.05, 4.69) is 19.2 Å². The topological polar surface area (TPSA) is 52.7 Å². The second kappa shape index (κ2) is 6.61. The molecule has 0 aromatic heterocycles. The lowest BCUT2D eigenvalue weighted by molar-refractivity contribution is -0.133. The summed E-state index contributed by atoms with van der Waals surface area (Å²) in [5.74, 6) is 0.644. The van der Waals surface area contributed by atoms with Crippen molar-refractivity contribution < 1.29 is 9.59 Å². The fourth-order valence-electron chi connectivity index (χ4n) is 2.06. The minimum atomic E-state index is -0.0537. The molecule has 5 heteroatoms. The van der Waals surface area contributed by atoms with Crippen LogP contribution in [0.1, 0.15) is 33.1 Å². The third-order valence-electron chi connectivity index (χ3n) is 3.16. The van der Waals surface area contributed by atoms with E-state index in [0.717, 1.165) is 25.9 Å². The van der Waals surface area contributed by atoms with Crippen LogP contribution in [-0.2, 0) is 4.79 Å². The Labute approximate surface area is 110 Å². The van der Waals surface area contributed by atoms with Gasteiger partial charge in [0, 0.05) is 39.6 Å². The van der Waals surface area contributed by atoms with Gasteiger partial charge < -0.3 is 15.1 Å². The Bertz CT molecular complexity index is 295. The van der Waals surface area contributed by atoms with Gasteiger partial charge in [0.05, 0.1) is 0 Å². The van der Waals surface area contributed by atoms with Gasteiger partial charge in [-0.3, -0.25) is 4.79 Å². The van der Waals surface area contributed by atoms with E-state index in [9.17, 15) is 9.59 Å².